The molecule has 3 aromatic rings. The van der Waals surface area contributed by atoms with E-state index in [0.717, 1.165) is 15.5 Å². The SMILES string of the molecule is CC(N)c1nn2c(/C=C/c3ccccc3)nnc2s1. The third kappa shape index (κ3) is 2.40. The fraction of sp³-hybridized carbons (Fsp3) is 0.154. The van der Waals surface area contributed by atoms with Gasteiger partial charge >= 0.3 is 0 Å². The van der Waals surface area contributed by atoms with Crippen molar-refractivity contribution in [3.63, 3.8) is 0 Å². The van der Waals surface area contributed by atoms with Crippen molar-refractivity contribution in [2.24, 2.45) is 5.73 Å². The van der Waals surface area contributed by atoms with Crippen LogP contribution in [0.5, 0.6) is 0 Å². The molecule has 19 heavy (non-hydrogen) atoms. The Morgan fingerprint density at radius 3 is 2.74 bits per heavy atom. The largest absolute Gasteiger partial charge is 0.322 e. The molecule has 2 N–H and O–H groups in total. The molecule has 0 aliphatic rings. The van der Waals surface area contributed by atoms with Crippen molar-refractivity contribution in [3.05, 3.63) is 46.7 Å². The van der Waals surface area contributed by atoms with Gasteiger partial charge in [0, 0.05) is 0 Å². The minimum atomic E-state index is -0.0855. The van der Waals surface area contributed by atoms with Gasteiger partial charge in [-0.1, -0.05) is 47.7 Å². The molecule has 0 aliphatic carbocycles. The molecule has 0 spiro atoms. The van der Waals surface area contributed by atoms with E-state index in [9.17, 15) is 0 Å². The molecular formula is C13H13N5S. The van der Waals surface area contributed by atoms with Gasteiger partial charge in [0.15, 0.2) is 5.82 Å². The highest BCUT2D eigenvalue weighted by molar-refractivity contribution is 7.16. The summed E-state index contributed by atoms with van der Waals surface area (Å²) >= 11 is 1.47. The zero-order chi connectivity index (χ0) is 13.2. The van der Waals surface area contributed by atoms with E-state index in [1.165, 1.54) is 11.3 Å². The molecule has 6 heteroatoms. The molecule has 3 rings (SSSR count). The Morgan fingerprint density at radius 2 is 2.00 bits per heavy atom. The monoisotopic (exact) mass is 271 g/mol. The van der Waals surface area contributed by atoms with Crippen LogP contribution in [-0.4, -0.2) is 19.8 Å². The lowest BCUT2D eigenvalue weighted by Crippen LogP contribution is -2.05. The maximum Gasteiger partial charge on any atom is 0.234 e. The number of nitrogens with two attached hydrogens (primary N) is 1. The van der Waals surface area contributed by atoms with Crippen molar-refractivity contribution in [2.45, 2.75) is 13.0 Å². The van der Waals surface area contributed by atoms with E-state index < -0.39 is 0 Å². The molecule has 0 bridgehead atoms. The smallest absolute Gasteiger partial charge is 0.234 e. The minimum Gasteiger partial charge on any atom is -0.322 e. The Labute approximate surface area is 114 Å². The number of hydrogen-bond acceptors (Lipinski definition) is 5. The minimum absolute atomic E-state index is 0.0855. The second-order valence-corrected chi connectivity index (χ2v) is 5.21. The van der Waals surface area contributed by atoms with Gasteiger partial charge in [0.25, 0.3) is 0 Å². The van der Waals surface area contributed by atoms with Crippen molar-refractivity contribution < 1.29 is 0 Å². The topological polar surface area (TPSA) is 69.1 Å². The van der Waals surface area contributed by atoms with E-state index in [0.29, 0.717) is 5.82 Å². The Balaban J connectivity index is 1.95. The van der Waals surface area contributed by atoms with Gasteiger partial charge in [-0.2, -0.15) is 9.61 Å². The molecular weight excluding hydrogens is 258 g/mol. The summed E-state index contributed by atoms with van der Waals surface area (Å²) in [5.41, 5.74) is 6.93. The lowest BCUT2D eigenvalue weighted by atomic mass is 10.2. The van der Waals surface area contributed by atoms with E-state index >= 15 is 0 Å². The fourth-order valence-corrected chi connectivity index (χ4v) is 2.47. The molecule has 2 heterocycles. The summed E-state index contributed by atoms with van der Waals surface area (Å²) in [6.45, 7) is 1.91. The van der Waals surface area contributed by atoms with Crippen LogP contribution in [0.15, 0.2) is 30.3 Å². The normalized spacial score (nSPS) is 13.4. The summed E-state index contributed by atoms with van der Waals surface area (Å²) < 4.78 is 1.72. The Kier molecular flexibility index (Phi) is 3.10. The van der Waals surface area contributed by atoms with Crippen LogP contribution in [-0.2, 0) is 0 Å². The van der Waals surface area contributed by atoms with Crippen LogP contribution in [0.4, 0.5) is 0 Å². The Bertz CT molecular complexity index is 711. The van der Waals surface area contributed by atoms with E-state index in [1.54, 1.807) is 4.52 Å². The number of aromatic nitrogens is 4. The van der Waals surface area contributed by atoms with Crippen molar-refractivity contribution in [3.8, 4) is 0 Å². The summed E-state index contributed by atoms with van der Waals surface area (Å²) in [6.07, 6.45) is 3.89. The number of benzene rings is 1. The van der Waals surface area contributed by atoms with E-state index in [2.05, 4.69) is 15.3 Å². The van der Waals surface area contributed by atoms with Crippen molar-refractivity contribution in [1.82, 2.24) is 19.8 Å². The average Bonchev–Trinajstić information content (AvgIpc) is 2.98. The van der Waals surface area contributed by atoms with Crippen LogP contribution in [0.2, 0.25) is 0 Å². The van der Waals surface area contributed by atoms with Crippen LogP contribution in [0.3, 0.4) is 0 Å². The molecule has 0 aliphatic heterocycles. The fourth-order valence-electron chi connectivity index (χ4n) is 1.67. The molecule has 0 saturated carbocycles. The molecule has 96 valence electrons. The van der Waals surface area contributed by atoms with Crippen molar-refractivity contribution >= 4 is 28.4 Å². The van der Waals surface area contributed by atoms with Gasteiger partial charge in [-0.3, -0.25) is 0 Å². The van der Waals surface area contributed by atoms with Gasteiger partial charge in [-0.05, 0) is 18.6 Å². The van der Waals surface area contributed by atoms with Gasteiger partial charge in [-0.15, -0.1) is 10.2 Å². The third-order valence-corrected chi connectivity index (χ3v) is 3.74. The second-order valence-electron chi connectivity index (χ2n) is 4.23. The van der Waals surface area contributed by atoms with E-state index in [-0.39, 0.29) is 6.04 Å². The Morgan fingerprint density at radius 1 is 1.21 bits per heavy atom. The molecule has 1 unspecified atom stereocenters. The standard InChI is InChI=1S/C13H13N5S/c1-9(14)12-17-18-11(15-16-13(18)19-12)8-7-10-5-3-2-4-6-10/h2-9H,14H2,1H3/b8-7+. The highest BCUT2D eigenvalue weighted by atomic mass is 32.1. The number of rotatable bonds is 3. The van der Waals surface area contributed by atoms with Crippen LogP contribution in [0, 0.1) is 0 Å². The van der Waals surface area contributed by atoms with Crippen molar-refractivity contribution in [1.29, 1.82) is 0 Å². The quantitative estimate of drug-likeness (QED) is 0.794. The zero-order valence-corrected chi connectivity index (χ0v) is 11.2. The molecule has 1 aromatic carbocycles. The average molecular weight is 271 g/mol. The molecule has 5 nitrogen and oxygen atoms in total. The van der Waals surface area contributed by atoms with E-state index in [1.807, 2.05) is 49.4 Å². The molecule has 0 amide bonds. The molecule has 1 atom stereocenters. The number of nitrogens with zero attached hydrogens (tertiary/aromatic N) is 4. The van der Waals surface area contributed by atoms with Gasteiger partial charge in [0.1, 0.15) is 5.01 Å². The Hall–Kier alpha value is -2.05. The van der Waals surface area contributed by atoms with Gasteiger partial charge in [0.05, 0.1) is 6.04 Å². The summed E-state index contributed by atoms with van der Waals surface area (Å²) in [5.74, 6) is 0.710. The van der Waals surface area contributed by atoms with Crippen LogP contribution in [0.25, 0.3) is 17.1 Å². The van der Waals surface area contributed by atoms with Crippen LogP contribution >= 0.6 is 11.3 Å². The lowest BCUT2D eigenvalue weighted by molar-refractivity contribution is 0.765. The first-order valence-electron chi connectivity index (χ1n) is 5.95. The highest BCUT2D eigenvalue weighted by Gasteiger charge is 2.11. The number of fused-ring (bicyclic) bond motifs is 1. The molecule has 0 fully saturated rings. The predicted octanol–water partition coefficient (Wildman–Crippen LogP) is 2.38. The highest BCUT2D eigenvalue weighted by Crippen LogP contribution is 2.19. The summed E-state index contributed by atoms with van der Waals surface area (Å²) in [6, 6.07) is 9.96. The second kappa shape index (κ2) is 4.91. The number of hydrogen-bond donors (Lipinski definition) is 1. The van der Waals surface area contributed by atoms with Crippen LogP contribution < -0.4 is 5.73 Å². The molecule has 0 saturated heterocycles. The van der Waals surface area contributed by atoms with Gasteiger partial charge < -0.3 is 5.73 Å². The first kappa shape index (κ1) is 12.0. The van der Waals surface area contributed by atoms with Gasteiger partial charge in [0.2, 0.25) is 4.96 Å². The van der Waals surface area contributed by atoms with E-state index in [4.69, 9.17) is 5.73 Å². The summed E-state index contributed by atoms with van der Waals surface area (Å²) in [7, 11) is 0. The lowest BCUT2D eigenvalue weighted by Gasteiger charge is -1.95. The van der Waals surface area contributed by atoms with Crippen molar-refractivity contribution in [2.75, 3.05) is 0 Å². The first-order chi connectivity index (χ1) is 9.24. The van der Waals surface area contributed by atoms with Gasteiger partial charge in [-0.25, -0.2) is 0 Å². The maximum atomic E-state index is 5.82. The molecule has 0 radical (unpaired) electrons. The zero-order valence-electron chi connectivity index (χ0n) is 10.4. The molecule has 2 aromatic heterocycles. The first-order valence-corrected chi connectivity index (χ1v) is 6.76. The summed E-state index contributed by atoms with van der Waals surface area (Å²) in [5, 5.41) is 13.5. The maximum absolute atomic E-state index is 5.82. The van der Waals surface area contributed by atoms with Crippen LogP contribution in [0.1, 0.15) is 29.4 Å². The third-order valence-electron chi connectivity index (χ3n) is 2.64. The summed E-state index contributed by atoms with van der Waals surface area (Å²) in [4.78, 5) is 0.764. The predicted molar refractivity (Wildman–Crippen MR) is 76.6 cm³/mol.